The van der Waals surface area contributed by atoms with Crippen molar-refractivity contribution in [3.63, 3.8) is 0 Å². The van der Waals surface area contributed by atoms with E-state index < -0.39 is 5.91 Å². The first-order valence-corrected chi connectivity index (χ1v) is 8.28. The number of hydrazine groups is 1. The number of nitrogens with one attached hydrogen (secondary N) is 2. The van der Waals surface area contributed by atoms with E-state index in [-0.39, 0.29) is 11.3 Å². The van der Waals surface area contributed by atoms with E-state index in [4.69, 9.17) is 11.6 Å². The topological polar surface area (TPSA) is 58.2 Å². The molecular formula is C20H21ClN2O2. The molecule has 0 bridgehead atoms. The van der Waals surface area contributed by atoms with E-state index in [2.05, 4.69) is 31.6 Å². The van der Waals surface area contributed by atoms with Crippen molar-refractivity contribution >= 4 is 29.5 Å². The molecule has 0 spiro atoms. The number of carbonyl (C=O) groups excluding carboxylic acids is 2. The van der Waals surface area contributed by atoms with Gasteiger partial charge in [-0.2, -0.15) is 0 Å². The zero-order chi connectivity index (χ0) is 18.4. The van der Waals surface area contributed by atoms with Crippen LogP contribution in [0.15, 0.2) is 54.6 Å². The number of halogens is 1. The van der Waals surface area contributed by atoms with E-state index in [1.807, 2.05) is 12.1 Å². The van der Waals surface area contributed by atoms with E-state index in [0.717, 1.165) is 11.1 Å². The van der Waals surface area contributed by atoms with Gasteiger partial charge < -0.3 is 0 Å². The molecular weight excluding hydrogens is 336 g/mol. The lowest BCUT2D eigenvalue weighted by molar-refractivity contribution is -0.117. The van der Waals surface area contributed by atoms with Crippen LogP contribution in [0, 0.1) is 0 Å². The number of carbonyl (C=O) groups is 2. The van der Waals surface area contributed by atoms with Crippen LogP contribution in [-0.2, 0) is 10.2 Å². The van der Waals surface area contributed by atoms with Crippen molar-refractivity contribution in [2.75, 3.05) is 0 Å². The molecule has 2 aromatic carbocycles. The SMILES string of the molecule is CC(C)(C)c1ccc(C(=O)NNC(=O)/C=C/c2ccc(Cl)cc2)cc1. The Bertz CT molecular complexity index is 773. The summed E-state index contributed by atoms with van der Waals surface area (Å²) in [6.45, 7) is 6.32. The molecule has 0 aliphatic rings. The lowest BCUT2D eigenvalue weighted by atomic mass is 9.87. The van der Waals surface area contributed by atoms with E-state index in [0.29, 0.717) is 10.6 Å². The molecule has 0 aliphatic heterocycles. The summed E-state index contributed by atoms with van der Waals surface area (Å²) in [6.07, 6.45) is 2.97. The number of amides is 2. The van der Waals surface area contributed by atoms with Gasteiger partial charge in [-0.15, -0.1) is 0 Å². The van der Waals surface area contributed by atoms with Gasteiger partial charge in [0.1, 0.15) is 0 Å². The van der Waals surface area contributed by atoms with Gasteiger partial charge >= 0.3 is 0 Å². The lowest BCUT2D eigenvalue weighted by Gasteiger charge is -2.19. The summed E-state index contributed by atoms with van der Waals surface area (Å²) in [6, 6.07) is 14.4. The maximum atomic E-state index is 12.1. The molecule has 0 radical (unpaired) electrons. The van der Waals surface area contributed by atoms with Crippen LogP contribution < -0.4 is 10.9 Å². The van der Waals surface area contributed by atoms with Crippen molar-refractivity contribution in [3.8, 4) is 0 Å². The number of benzene rings is 2. The fourth-order valence-electron chi connectivity index (χ4n) is 2.10. The molecule has 0 saturated carbocycles. The average Bonchev–Trinajstić information content (AvgIpc) is 2.58. The monoisotopic (exact) mass is 356 g/mol. The molecule has 0 aromatic heterocycles. The van der Waals surface area contributed by atoms with Gasteiger partial charge in [0.05, 0.1) is 0 Å². The van der Waals surface area contributed by atoms with Crippen molar-refractivity contribution in [1.82, 2.24) is 10.9 Å². The second-order valence-corrected chi connectivity index (χ2v) is 7.09. The smallest absolute Gasteiger partial charge is 0.268 e. The molecule has 2 amide bonds. The molecule has 25 heavy (non-hydrogen) atoms. The average molecular weight is 357 g/mol. The molecule has 0 fully saturated rings. The first-order chi connectivity index (χ1) is 11.8. The third-order valence-electron chi connectivity index (χ3n) is 3.61. The van der Waals surface area contributed by atoms with E-state index in [9.17, 15) is 9.59 Å². The molecule has 2 rings (SSSR count). The Morgan fingerprint density at radius 2 is 1.52 bits per heavy atom. The Balaban J connectivity index is 1.88. The summed E-state index contributed by atoms with van der Waals surface area (Å²) in [4.78, 5) is 23.8. The molecule has 2 aromatic rings. The highest BCUT2D eigenvalue weighted by Crippen LogP contribution is 2.22. The zero-order valence-corrected chi connectivity index (χ0v) is 15.2. The molecule has 2 N–H and O–H groups in total. The predicted octanol–water partition coefficient (Wildman–Crippen LogP) is 4.11. The van der Waals surface area contributed by atoms with Crippen LogP contribution >= 0.6 is 11.6 Å². The maximum Gasteiger partial charge on any atom is 0.269 e. The molecule has 4 nitrogen and oxygen atoms in total. The minimum atomic E-state index is -0.422. The van der Waals surface area contributed by atoms with Crippen molar-refractivity contribution < 1.29 is 9.59 Å². The third kappa shape index (κ3) is 5.76. The zero-order valence-electron chi connectivity index (χ0n) is 14.5. The van der Waals surface area contributed by atoms with E-state index in [1.165, 1.54) is 6.08 Å². The van der Waals surface area contributed by atoms with Gasteiger partial charge in [-0.25, -0.2) is 0 Å². The Hall–Kier alpha value is -2.59. The normalized spacial score (nSPS) is 11.4. The Morgan fingerprint density at radius 3 is 2.08 bits per heavy atom. The van der Waals surface area contributed by atoms with Crippen molar-refractivity contribution in [2.24, 2.45) is 0 Å². The van der Waals surface area contributed by atoms with Gasteiger partial charge in [0.2, 0.25) is 0 Å². The van der Waals surface area contributed by atoms with Crippen molar-refractivity contribution in [3.05, 3.63) is 76.3 Å². The summed E-state index contributed by atoms with van der Waals surface area (Å²) < 4.78 is 0. The molecule has 0 unspecified atom stereocenters. The minimum absolute atomic E-state index is 0.0235. The predicted molar refractivity (Wildman–Crippen MR) is 101 cm³/mol. The molecule has 0 aliphatic carbocycles. The van der Waals surface area contributed by atoms with Gasteiger partial charge in [0, 0.05) is 16.7 Å². The third-order valence-corrected chi connectivity index (χ3v) is 3.86. The number of hydrogen-bond acceptors (Lipinski definition) is 2. The summed E-state index contributed by atoms with van der Waals surface area (Å²) >= 11 is 5.80. The van der Waals surface area contributed by atoms with Gasteiger partial charge in [-0.3, -0.25) is 20.4 Å². The molecule has 5 heteroatoms. The van der Waals surface area contributed by atoms with Crippen LogP contribution in [0.5, 0.6) is 0 Å². The molecule has 130 valence electrons. The van der Waals surface area contributed by atoms with E-state index >= 15 is 0 Å². The molecule has 0 heterocycles. The highest BCUT2D eigenvalue weighted by molar-refractivity contribution is 6.30. The van der Waals surface area contributed by atoms with Crippen LogP contribution in [0.3, 0.4) is 0 Å². The highest BCUT2D eigenvalue weighted by atomic mass is 35.5. The van der Waals surface area contributed by atoms with Gasteiger partial charge in [0.25, 0.3) is 11.8 Å². The summed E-state index contributed by atoms with van der Waals surface area (Å²) in [5.74, 6) is -0.789. The fraction of sp³-hybridized carbons (Fsp3) is 0.200. The Labute approximate surface area is 152 Å². The van der Waals surface area contributed by atoms with Crippen LogP contribution in [-0.4, -0.2) is 11.8 Å². The standard InChI is InChI=1S/C20H21ClN2O2/c1-20(2,3)16-9-7-15(8-10-16)19(25)23-22-18(24)13-6-14-4-11-17(21)12-5-14/h4-13H,1-3H3,(H,22,24)(H,23,25)/b13-6+. The summed E-state index contributed by atoms with van der Waals surface area (Å²) in [7, 11) is 0. The minimum Gasteiger partial charge on any atom is -0.268 e. The fourth-order valence-corrected chi connectivity index (χ4v) is 2.23. The highest BCUT2D eigenvalue weighted by Gasteiger charge is 2.14. The van der Waals surface area contributed by atoms with Crippen LogP contribution in [0.25, 0.3) is 6.08 Å². The van der Waals surface area contributed by atoms with Gasteiger partial charge in [-0.05, 0) is 46.9 Å². The van der Waals surface area contributed by atoms with Gasteiger partial charge in [0.15, 0.2) is 0 Å². The second kappa shape index (κ2) is 7.99. The first-order valence-electron chi connectivity index (χ1n) is 7.90. The quantitative estimate of drug-likeness (QED) is 0.642. The summed E-state index contributed by atoms with van der Waals surface area (Å²) in [5, 5.41) is 0.631. The van der Waals surface area contributed by atoms with Gasteiger partial charge in [-0.1, -0.05) is 56.6 Å². The van der Waals surface area contributed by atoms with Crippen LogP contribution in [0.2, 0.25) is 5.02 Å². The molecule has 0 atom stereocenters. The largest absolute Gasteiger partial charge is 0.269 e. The Morgan fingerprint density at radius 1 is 0.920 bits per heavy atom. The first kappa shape index (κ1) is 18.7. The van der Waals surface area contributed by atoms with Crippen molar-refractivity contribution in [1.29, 1.82) is 0 Å². The van der Waals surface area contributed by atoms with Crippen LogP contribution in [0.4, 0.5) is 0 Å². The Kier molecular flexibility index (Phi) is 5.99. The maximum absolute atomic E-state index is 12.1. The van der Waals surface area contributed by atoms with E-state index in [1.54, 1.807) is 42.5 Å². The second-order valence-electron chi connectivity index (χ2n) is 6.66. The lowest BCUT2D eigenvalue weighted by Crippen LogP contribution is -2.40. The van der Waals surface area contributed by atoms with Crippen LogP contribution in [0.1, 0.15) is 42.3 Å². The number of hydrogen-bond donors (Lipinski definition) is 2. The summed E-state index contributed by atoms with van der Waals surface area (Å²) in [5.41, 5.74) is 7.23. The van der Waals surface area contributed by atoms with Crippen molar-refractivity contribution in [2.45, 2.75) is 26.2 Å². The number of rotatable bonds is 3. The molecule has 0 saturated heterocycles.